The van der Waals surface area contributed by atoms with Crippen LogP contribution < -0.4 is 10.2 Å². The fraction of sp³-hybridized carbons (Fsp3) is 0.391. The number of rotatable bonds is 5. The van der Waals surface area contributed by atoms with Crippen molar-refractivity contribution < 1.29 is 18.0 Å². The molecule has 2 aliphatic rings. The largest absolute Gasteiger partial charge is 0.325 e. The molecule has 2 heterocycles. The van der Waals surface area contributed by atoms with Gasteiger partial charge < -0.3 is 10.2 Å². The van der Waals surface area contributed by atoms with Gasteiger partial charge in [0.1, 0.15) is 6.54 Å². The first-order chi connectivity index (χ1) is 15.2. The standard InChI is InChI=1S/C23H26ClN3O4S/c1-16-10-12-26(13-11-16)32(30,31)20-7-8-21-17(14-20)2-9-23(29)27(21)15-22(28)25-19-5-3-18(24)4-6-19/h3-8,14,16H,2,9-13,15H2,1H3,(H,25,28). The second kappa shape index (κ2) is 9.21. The number of fused-ring (bicyclic) bond motifs is 1. The molecule has 0 atom stereocenters. The molecule has 170 valence electrons. The van der Waals surface area contributed by atoms with E-state index in [0.29, 0.717) is 41.8 Å². The van der Waals surface area contributed by atoms with Gasteiger partial charge >= 0.3 is 0 Å². The van der Waals surface area contributed by atoms with Gasteiger partial charge in [0.05, 0.1) is 4.90 Å². The first-order valence-electron chi connectivity index (χ1n) is 10.7. The molecule has 9 heteroatoms. The van der Waals surface area contributed by atoms with Crippen LogP contribution in [-0.4, -0.2) is 44.2 Å². The van der Waals surface area contributed by atoms with Crippen LogP contribution in [0.15, 0.2) is 47.4 Å². The molecule has 0 unspecified atom stereocenters. The summed E-state index contributed by atoms with van der Waals surface area (Å²) in [5, 5.41) is 3.32. The third-order valence-electron chi connectivity index (χ3n) is 6.06. The quantitative estimate of drug-likeness (QED) is 0.714. The number of piperidine rings is 1. The van der Waals surface area contributed by atoms with Gasteiger partial charge in [0.15, 0.2) is 0 Å². The highest BCUT2D eigenvalue weighted by Crippen LogP contribution is 2.32. The summed E-state index contributed by atoms with van der Waals surface area (Å²) in [5.41, 5.74) is 1.93. The summed E-state index contributed by atoms with van der Waals surface area (Å²) in [6.45, 7) is 3.04. The Kier molecular flexibility index (Phi) is 6.55. The predicted octanol–water partition coefficient (Wildman–Crippen LogP) is 3.68. The second-order valence-electron chi connectivity index (χ2n) is 8.41. The van der Waals surface area contributed by atoms with Crippen molar-refractivity contribution in [1.82, 2.24) is 4.31 Å². The number of halogens is 1. The minimum atomic E-state index is -3.58. The first-order valence-corrected chi connectivity index (χ1v) is 12.5. The molecule has 0 bridgehead atoms. The Bertz CT molecular complexity index is 1130. The van der Waals surface area contributed by atoms with E-state index in [4.69, 9.17) is 11.6 Å². The molecule has 7 nitrogen and oxygen atoms in total. The van der Waals surface area contributed by atoms with E-state index >= 15 is 0 Å². The SMILES string of the molecule is CC1CCN(S(=O)(=O)c2ccc3c(c2)CCC(=O)N3CC(=O)Nc2ccc(Cl)cc2)CC1. The van der Waals surface area contributed by atoms with Crippen molar-refractivity contribution in [3.05, 3.63) is 53.1 Å². The molecule has 2 aromatic rings. The van der Waals surface area contributed by atoms with Gasteiger partial charge in [0.25, 0.3) is 0 Å². The van der Waals surface area contributed by atoms with Crippen LogP contribution in [0.4, 0.5) is 11.4 Å². The molecule has 0 saturated carbocycles. The minimum Gasteiger partial charge on any atom is -0.325 e. The Balaban J connectivity index is 1.52. The summed E-state index contributed by atoms with van der Waals surface area (Å²) < 4.78 is 27.7. The van der Waals surface area contributed by atoms with Crippen molar-refractivity contribution in [1.29, 1.82) is 0 Å². The van der Waals surface area contributed by atoms with Crippen molar-refractivity contribution in [2.45, 2.75) is 37.5 Å². The zero-order chi connectivity index (χ0) is 22.9. The molecule has 4 rings (SSSR count). The Hall–Kier alpha value is -2.42. The lowest BCUT2D eigenvalue weighted by Gasteiger charge is -2.31. The number of carbonyl (C=O) groups excluding carboxylic acids is 2. The van der Waals surface area contributed by atoms with E-state index in [1.165, 1.54) is 11.0 Å². The molecular formula is C23H26ClN3O4S. The maximum absolute atomic E-state index is 13.1. The summed E-state index contributed by atoms with van der Waals surface area (Å²) in [5.74, 6) is 0.0283. The minimum absolute atomic E-state index is 0.148. The maximum Gasteiger partial charge on any atom is 0.244 e. The topological polar surface area (TPSA) is 86.8 Å². The molecule has 0 aliphatic carbocycles. The number of aryl methyl sites for hydroxylation is 1. The molecule has 32 heavy (non-hydrogen) atoms. The number of anilines is 2. The average molecular weight is 476 g/mol. The number of nitrogens with zero attached hydrogens (tertiary/aromatic N) is 2. The molecule has 0 aromatic heterocycles. The lowest BCUT2D eigenvalue weighted by molar-refractivity contribution is -0.121. The number of nitrogens with one attached hydrogen (secondary N) is 1. The number of carbonyl (C=O) groups is 2. The van der Waals surface area contributed by atoms with Gasteiger partial charge in [-0.25, -0.2) is 8.42 Å². The van der Waals surface area contributed by atoms with Crippen molar-refractivity contribution in [2.75, 3.05) is 29.9 Å². The molecule has 2 amide bonds. The summed E-state index contributed by atoms with van der Waals surface area (Å²) in [4.78, 5) is 26.8. The average Bonchev–Trinajstić information content (AvgIpc) is 2.77. The molecule has 0 spiro atoms. The Morgan fingerprint density at radius 1 is 1.09 bits per heavy atom. The zero-order valence-electron chi connectivity index (χ0n) is 17.9. The number of hydrogen-bond donors (Lipinski definition) is 1. The van der Waals surface area contributed by atoms with Gasteiger partial charge in [-0.2, -0.15) is 4.31 Å². The molecule has 0 radical (unpaired) electrons. The Morgan fingerprint density at radius 3 is 2.47 bits per heavy atom. The van der Waals surface area contributed by atoms with E-state index in [-0.39, 0.29) is 29.7 Å². The van der Waals surface area contributed by atoms with E-state index in [1.54, 1.807) is 40.7 Å². The van der Waals surface area contributed by atoms with Crippen LogP contribution >= 0.6 is 11.6 Å². The fourth-order valence-electron chi connectivity index (χ4n) is 4.12. The van der Waals surface area contributed by atoms with E-state index in [2.05, 4.69) is 12.2 Å². The van der Waals surface area contributed by atoms with Crippen molar-refractivity contribution >= 4 is 44.8 Å². The van der Waals surface area contributed by atoms with Gasteiger partial charge in [-0.05, 0) is 73.2 Å². The summed E-state index contributed by atoms with van der Waals surface area (Å²) in [6.07, 6.45) is 2.39. The second-order valence-corrected chi connectivity index (χ2v) is 10.8. The highest BCUT2D eigenvalue weighted by molar-refractivity contribution is 7.89. The normalized spacial score (nSPS) is 17.8. The molecule has 1 N–H and O–H groups in total. The number of amides is 2. The van der Waals surface area contributed by atoms with Crippen LogP contribution in [0.2, 0.25) is 5.02 Å². The Labute approximate surface area is 193 Å². The van der Waals surface area contributed by atoms with E-state index in [1.807, 2.05) is 0 Å². The number of hydrogen-bond acceptors (Lipinski definition) is 4. The zero-order valence-corrected chi connectivity index (χ0v) is 19.5. The van der Waals surface area contributed by atoms with Crippen LogP contribution in [0, 0.1) is 5.92 Å². The molecule has 2 aliphatic heterocycles. The molecule has 2 aromatic carbocycles. The van der Waals surface area contributed by atoms with Gasteiger partial charge in [-0.3, -0.25) is 9.59 Å². The molecule has 1 saturated heterocycles. The fourth-order valence-corrected chi connectivity index (χ4v) is 5.77. The van der Waals surface area contributed by atoms with Crippen molar-refractivity contribution in [3.8, 4) is 0 Å². The van der Waals surface area contributed by atoms with Crippen LogP contribution in [0.3, 0.4) is 0 Å². The van der Waals surface area contributed by atoms with Crippen molar-refractivity contribution in [3.63, 3.8) is 0 Å². The van der Waals surface area contributed by atoms with Gasteiger partial charge in [-0.1, -0.05) is 18.5 Å². The summed E-state index contributed by atoms with van der Waals surface area (Å²) in [7, 11) is -3.58. The number of sulfonamides is 1. The van der Waals surface area contributed by atoms with E-state index in [0.717, 1.165) is 18.4 Å². The van der Waals surface area contributed by atoms with Crippen LogP contribution in [0.1, 0.15) is 31.7 Å². The maximum atomic E-state index is 13.1. The molecule has 1 fully saturated rings. The van der Waals surface area contributed by atoms with Crippen LogP contribution in [0.25, 0.3) is 0 Å². The smallest absolute Gasteiger partial charge is 0.244 e. The van der Waals surface area contributed by atoms with Crippen LogP contribution in [-0.2, 0) is 26.0 Å². The summed E-state index contributed by atoms with van der Waals surface area (Å²) >= 11 is 5.87. The van der Waals surface area contributed by atoms with Gasteiger partial charge in [-0.15, -0.1) is 0 Å². The third kappa shape index (κ3) is 4.82. The monoisotopic (exact) mass is 475 g/mol. The van der Waals surface area contributed by atoms with Gasteiger partial charge in [0, 0.05) is 35.9 Å². The van der Waals surface area contributed by atoms with Gasteiger partial charge in [0.2, 0.25) is 21.8 Å². The third-order valence-corrected chi connectivity index (χ3v) is 8.21. The van der Waals surface area contributed by atoms with Crippen molar-refractivity contribution in [2.24, 2.45) is 5.92 Å². The highest BCUT2D eigenvalue weighted by Gasteiger charge is 2.31. The first kappa shape index (κ1) is 22.8. The highest BCUT2D eigenvalue weighted by atomic mass is 35.5. The van der Waals surface area contributed by atoms with E-state index in [9.17, 15) is 18.0 Å². The van der Waals surface area contributed by atoms with E-state index < -0.39 is 10.0 Å². The Morgan fingerprint density at radius 2 is 1.78 bits per heavy atom. The number of benzene rings is 2. The summed E-state index contributed by atoms with van der Waals surface area (Å²) in [6, 6.07) is 11.5. The molecular weight excluding hydrogens is 450 g/mol. The predicted molar refractivity (Wildman–Crippen MR) is 124 cm³/mol. The lowest BCUT2D eigenvalue weighted by atomic mass is 10.0. The van der Waals surface area contributed by atoms with Crippen LogP contribution in [0.5, 0.6) is 0 Å². The lowest BCUT2D eigenvalue weighted by Crippen LogP contribution is -2.41.